The van der Waals surface area contributed by atoms with Gasteiger partial charge < -0.3 is 19.7 Å². The van der Waals surface area contributed by atoms with Crippen molar-refractivity contribution in [2.75, 3.05) is 30.5 Å². The summed E-state index contributed by atoms with van der Waals surface area (Å²) in [6.07, 6.45) is 1.47. The van der Waals surface area contributed by atoms with E-state index in [1.165, 1.54) is 7.11 Å². The maximum absolute atomic E-state index is 13.2. The first-order valence-electron chi connectivity index (χ1n) is 14.1. The smallest absolute Gasteiger partial charge is 0.328 e. The van der Waals surface area contributed by atoms with Gasteiger partial charge in [-0.15, -0.1) is 0 Å². The number of hydrogen-bond donors (Lipinski definition) is 1. The lowest BCUT2D eigenvalue weighted by molar-refractivity contribution is -0.141. The molecule has 0 aliphatic heterocycles. The average Bonchev–Trinajstić information content (AvgIpc) is 3.05. The maximum Gasteiger partial charge on any atom is 0.328 e. The molecule has 4 aromatic carbocycles. The Bertz CT molecular complexity index is 1460. The maximum atomic E-state index is 13.2. The average molecular weight is 565 g/mol. The quantitative estimate of drug-likeness (QED) is 0.110. The number of para-hydroxylation sites is 2. The van der Waals surface area contributed by atoms with Crippen molar-refractivity contribution in [3.05, 3.63) is 126 Å². The number of methoxy groups -OCH3 is 1. The molecule has 1 atom stereocenters. The molecule has 4 aromatic rings. The molecule has 7 nitrogen and oxygen atoms in total. The van der Waals surface area contributed by atoms with Crippen LogP contribution in [0.1, 0.15) is 41.3 Å². The third-order valence-corrected chi connectivity index (χ3v) is 6.85. The lowest BCUT2D eigenvalue weighted by Gasteiger charge is -2.22. The SMILES string of the molecule is CCC(=O)N(CCCOc1ccc(C[C@H](Nc2ccccc2C(=O)c2ccccc2)C(=O)OC)cc1)c1ccccc1. The minimum absolute atomic E-state index is 0.0753. The third-order valence-electron chi connectivity index (χ3n) is 6.85. The molecule has 4 rings (SSSR count). The molecule has 0 saturated heterocycles. The van der Waals surface area contributed by atoms with E-state index < -0.39 is 12.0 Å². The standard InChI is InChI=1S/C35H36N2O5/c1-3-33(38)37(28-15-8-5-9-16-28)23-12-24-42-29-21-19-26(20-22-29)25-32(35(40)41-2)36-31-18-11-10-17-30(31)34(39)27-13-6-4-7-14-27/h4-11,13-22,32,36H,3,12,23-25H2,1-2H3/t32-/m0/s1. The van der Waals surface area contributed by atoms with E-state index in [2.05, 4.69) is 5.32 Å². The Morgan fingerprint density at radius 3 is 2.12 bits per heavy atom. The highest BCUT2D eigenvalue weighted by molar-refractivity contribution is 6.12. The Labute approximate surface area is 247 Å². The van der Waals surface area contributed by atoms with E-state index in [9.17, 15) is 14.4 Å². The van der Waals surface area contributed by atoms with Gasteiger partial charge in [-0.1, -0.05) is 79.7 Å². The topological polar surface area (TPSA) is 84.9 Å². The number of ether oxygens (including phenoxy) is 2. The number of hydrogen-bond acceptors (Lipinski definition) is 6. The molecule has 7 heteroatoms. The van der Waals surface area contributed by atoms with Gasteiger partial charge in [0, 0.05) is 41.9 Å². The fourth-order valence-electron chi connectivity index (χ4n) is 4.64. The molecule has 0 aromatic heterocycles. The van der Waals surface area contributed by atoms with Crippen LogP contribution in [-0.2, 0) is 20.7 Å². The Morgan fingerprint density at radius 1 is 0.810 bits per heavy atom. The minimum atomic E-state index is -0.702. The van der Waals surface area contributed by atoms with Crippen molar-refractivity contribution in [3.63, 3.8) is 0 Å². The van der Waals surface area contributed by atoms with E-state index in [0.717, 1.165) is 11.3 Å². The predicted molar refractivity (Wildman–Crippen MR) is 165 cm³/mol. The van der Waals surface area contributed by atoms with Crippen molar-refractivity contribution in [1.29, 1.82) is 0 Å². The molecule has 216 valence electrons. The zero-order valence-corrected chi connectivity index (χ0v) is 24.0. The van der Waals surface area contributed by atoms with E-state index in [-0.39, 0.29) is 11.7 Å². The van der Waals surface area contributed by atoms with Crippen LogP contribution < -0.4 is 15.0 Å². The van der Waals surface area contributed by atoms with Crippen molar-refractivity contribution in [1.82, 2.24) is 0 Å². The van der Waals surface area contributed by atoms with Gasteiger partial charge in [0.25, 0.3) is 0 Å². The predicted octanol–water partition coefficient (Wildman–Crippen LogP) is 6.33. The van der Waals surface area contributed by atoms with Crippen LogP contribution in [0.15, 0.2) is 109 Å². The van der Waals surface area contributed by atoms with Crippen molar-refractivity contribution < 1.29 is 23.9 Å². The summed E-state index contributed by atoms with van der Waals surface area (Å²) in [6.45, 7) is 2.88. The fourth-order valence-corrected chi connectivity index (χ4v) is 4.64. The van der Waals surface area contributed by atoms with Gasteiger partial charge in [-0.2, -0.15) is 0 Å². The second-order valence-corrected chi connectivity index (χ2v) is 9.75. The summed E-state index contributed by atoms with van der Waals surface area (Å²) >= 11 is 0. The first-order valence-corrected chi connectivity index (χ1v) is 14.1. The van der Waals surface area contributed by atoms with Crippen LogP contribution in [0.5, 0.6) is 5.75 Å². The molecule has 0 fully saturated rings. The lowest BCUT2D eigenvalue weighted by Crippen LogP contribution is -2.33. The summed E-state index contributed by atoms with van der Waals surface area (Å²) in [6, 6.07) is 32.7. The summed E-state index contributed by atoms with van der Waals surface area (Å²) in [5, 5.41) is 3.23. The van der Waals surface area contributed by atoms with Gasteiger partial charge in [0.2, 0.25) is 5.91 Å². The number of anilines is 2. The van der Waals surface area contributed by atoms with Crippen LogP contribution in [0, 0.1) is 0 Å². The number of nitrogens with one attached hydrogen (secondary N) is 1. The highest BCUT2D eigenvalue weighted by Gasteiger charge is 2.22. The number of ketones is 1. The van der Waals surface area contributed by atoms with Crippen LogP contribution in [0.2, 0.25) is 0 Å². The number of amides is 1. The van der Waals surface area contributed by atoms with E-state index >= 15 is 0 Å². The molecule has 0 aliphatic carbocycles. The fraction of sp³-hybridized carbons (Fsp3) is 0.229. The molecule has 0 radical (unpaired) electrons. The summed E-state index contributed by atoms with van der Waals surface area (Å²) in [7, 11) is 1.35. The molecular weight excluding hydrogens is 528 g/mol. The van der Waals surface area contributed by atoms with Gasteiger partial charge in [-0.05, 0) is 48.4 Å². The Balaban J connectivity index is 1.36. The zero-order chi connectivity index (χ0) is 29.7. The van der Waals surface area contributed by atoms with Gasteiger partial charge in [0.15, 0.2) is 5.78 Å². The first-order chi connectivity index (χ1) is 20.5. The Kier molecular flexibility index (Phi) is 10.9. The third kappa shape index (κ3) is 8.07. The molecular formula is C35H36N2O5. The molecule has 0 spiro atoms. The van der Waals surface area contributed by atoms with Crippen molar-refractivity contribution in [3.8, 4) is 5.75 Å². The van der Waals surface area contributed by atoms with Gasteiger partial charge >= 0.3 is 5.97 Å². The summed E-state index contributed by atoms with van der Waals surface area (Å²) in [4.78, 5) is 40.1. The molecule has 1 amide bonds. The van der Waals surface area contributed by atoms with E-state index in [1.807, 2.05) is 85.8 Å². The van der Waals surface area contributed by atoms with Gasteiger partial charge in [-0.25, -0.2) is 4.79 Å². The first kappa shape index (κ1) is 30.1. The molecule has 0 aliphatic rings. The van der Waals surface area contributed by atoms with Gasteiger partial charge in [-0.3, -0.25) is 9.59 Å². The molecule has 0 saturated carbocycles. The minimum Gasteiger partial charge on any atom is -0.494 e. The number of nitrogens with zero attached hydrogens (tertiary/aromatic N) is 1. The summed E-state index contributed by atoms with van der Waals surface area (Å²) < 4.78 is 11.0. The highest BCUT2D eigenvalue weighted by atomic mass is 16.5. The molecule has 1 N–H and O–H groups in total. The number of carbonyl (C=O) groups excluding carboxylic acids is 3. The van der Waals surface area contributed by atoms with Crippen molar-refractivity contribution in [2.45, 2.75) is 32.2 Å². The van der Waals surface area contributed by atoms with Crippen molar-refractivity contribution >= 4 is 29.0 Å². The van der Waals surface area contributed by atoms with Crippen LogP contribution in [0.4, 0.5) is 11.4 Å². The van der Waals surface area contributed by atoms with Crippen molar-refractivity contribution in [2.24, 2.45) is 0 Å². The lowest BCUT2D eigenvalue weighted by atomic mass is 10.00. The second kappa shape index (κ2) is 15.2. The largest absolute Gasteiger partial charge is 0.494 e. The van der Waals surface area contributed by atoms with E-state index in [0.29, 0.717) is 55.0 Å². The molecule has 0 heterocycles. The van der Waals surface area contributed by atoms with Gasteiger partial charge in [0.1, 0.15) is 11.8 Å². The van der Waals surface area contributed by atoms with Crippen LogP contribution in [0.3, 0.4) is 0 Å². The van der Waals surface area contributed by atoms with E-state index in [4.69, 9.17) is 9.47 Å². The number of carbonyl (C=O) groups is 3. The highest BCUT2D eigenvalue weighted by Crippen LogP contribution is 2.22. The Hall–Kier alpha value is -4.91. The van der Waals surface area contributed by atoms with Crippen LogP contribution >= 0.6 is 0 Å². The Morgan fingerprint density at radius 2 is 1.45 bits per heavy atom. The van der Waals surface area contributed by atoms with Gasteiger partial charge in [0.05, 0.1) is 13.7 Å². The molecule has 0 unspecified atom stereocenters. The molecule has 42 heavy (non-hydrogen) atoms. The monoisotopic (exact) mass is 564 g/mol. The molecule has 0 bridgehead atoms. The number of esters is 1. The summed E-state index contributed by atoms with van der Waals surface area (Å²) in [5.74, 6) is 0.219. The number of rotatable bonds is 14. The van der Waals surface area contributed by atoms with Crippen LogP contribution in [-0.4, -0.2) is 44.0 Å². The normalized spacial score (nSPS) is 11.3. The zero-order valence-electron chi connectivity index (χ0n) is 24.0. The number of benzene rings is 4. The van der Waals surface area contributed by atoms with E-state index in [1.54, 1.807) is 35.2 Å². The van der Waals surface area contributed by atoms with Crippen LogP contribution in [0.25, 0.3) is 0 Å². The summed E-state index contributed by atoms with van der Waals surface area (Å²) in [5.41, 5.74) is 3.40. The second-order valence-electron chi connectivity index (χ2n) is 9.75.